The zero-order valence-electron chi connectivity index (χ0n) is 20.3. The second-order valence-corrected chi connectivity index (χ2v) is 12.7. The number of hydrogen-bond donors (Lipinski definition) is 0. The van der Waals surface area contributed by atoms with Gasteiger partial charge in [0.2, 0.25) is 0 Å². The Balaban J connectivity index is 2.46. The van der Waals surface area contributed by atoms with Crippen LogP contribution >= 0.6 is 29.5 Å². The molecular formula is C30H32IO3P. The molecule has 0 aromatic heterocycles. The molecule has 0 amide bonds. The van der Waals surface area contributed by atoms with Gasteiger partial charge in [0.25, 0.3) is 0 Å². The van der Waals surface area contributed by atoms with E-state index in [1.807, 2.05) is 97.9 Å². The lowest BCUT2D eigenvalue weighted by Crippen LogP contribution is -2.38. The highest BCUT2D eigenvalue weighted by molar-refractivity contribution is 14.1. The van der Waals surface area contributed by atoms with Crippen molar-refractivity contribution in [2.24, 2.45) is 0 Å². The van der Waals surface area contributed by atoms with E-state index in [2.05, 4.69) is 22.6 Å². The van der Waals surface area contributed by atoms with E-state index in [0.717, 1.165) is 45.2 Å². The van der Waals surface area contributed by atoms with Gasteiger partial charge in [-0.15, -0.1) is 0 Å². The summed E-state index contributed by atoms with van der Waals surface area (Å²) in [5.74, 6) is -0.806. The largest absolute Gasteiger partial charge is 0.462 e. The van der Waals surface area contributed by atoms with Gasteiger partial charge in [0.1, 0.15) is 5.29 Å². The number of esters is 1. The maximum atomic E-state index is 14.1. The summed E-state index contributed by atoms with van der Waals surface area (Å²) in [7, 11) is 0. The number of unbranched alkanes of at least 4 members (excludes halogenated alkanes) is 1. The van der Waals surface area contributed by atoms with Gasteiger partial charge in [-0.1, -0.05) is 119 Å². The number of ether oxygens (including phenoxy) is 1. The predicted molar refractivity (Wildman–Crippen MR) is 158 cm³/mol. The zero-order chi connectivity index (χ0) is 25.1. The molecular weight excluding hydrogens is 566 g/mol. The Bertz CT molecular complexity index is 1100. The fourth-order valence-electron chi connectivity index (χ4n) is 4.25. The van der Waals surface area contributed by atoms with E-state index < -0.39 is 12.9 Å². The number of halogens is 1. The lowest BCUT2D eigenvalue weighted by molar-refractivity contribution is -0.135. The molecule has 182 valence electrons. The van der Waals surface area contributed by atoms with Crippen molar-refractivity contribution < 1.29 is 14.3 Å². The number of benzene rings is 3. The molecule has 0 radical (unpaired) electrons. The molecule has 0 N–H and O–H groups in total. The van der Waals surface area contributed by atoms with Crippen LogP contribution in [0.25, 0.3) is 0 Å². The number of carbonyl (C=O) groups is 2. The highest BCUT2D eigenvalue weighted by atomic mass is 127. The van der Waals surface area contributed by atoms with Crippen LogP contribution in [0, 0.1) is 0 Å². The third-order valence-electron chi connectivity index (χ3n) is 5.80. The Hall–Kier alpha value is -2.43. The van der Waals surface area contributed by atoms with Crippen LogP contribution in [-0.4, -0.2) is 28.1 Å². The second kappa shape index (κ2) is 13.6. The van der Waals surface area contributed by atoms with E-state index in [0.29, 0.717) is 0 Å². The van der Waals surface area contributed by atoms with Crippen molar-refractivity contribution in [1.29, 1.82) is 0 Å². The standard InChI is InChI=1S/C30H32IO3P/c1-3-34-30(33)29(28(32)23-24(2)15-13-14-22-31)35(25-16-7-4-8-17-25,26-18-9-5-10-19-26)27-20-11-6-12-21-27/h4-12,16-21,23H,3,13-15,22H2,1-2H3/b24-23+. The van der Waals surface area contributed by atoms with Crippen molar-refractivity contribution in [1.82, 2.24) is 0 Å². The minimum Gasteiger partial charge on any atom is -0.462 e. The predicted octanol–water partition coefficient (Wildman–Crippen LogP) is 5.84. The second-order valence-electron chi connectivity index (χ2n) is 8.25. The van der Waals surface area contributed by atoms with Crippen LogP contribution in [0.1, 0.15) is 33.1 Å². The van der Waals surface area contributed by atoms with E-state index in [4.69, 9.17) is 4.74 Å². The Morgan fingerprint density at radius 1 is 0.800 bits per heavy atom. The molecule has 0 spiro atoms. The summed E-state index contributed by atoms with van der Waals surface area (Å²) < 4.78 is 6.66. The summed E-state index contributed by atoms with van der Waals surface area (Å²) in [5.41, 5.74) is 0.980. The smallest absolute Gasteiger partial charge is 0.343 e. The van der Waals surface area contributed by atoms with E-state index in [1.165, 1.54) is 0 Å². The molecule has 0 aliphatic rings. The first-order valence-corrected chi connectivity index (χ1v) is 15.2. The minimum absolute atomic E-state index is 0.201. The molecule has 3 aromatic rings. The monoisotopic (exact) mass is 598 g/mol. The summed E-state index contributed by atoms with van der Waals surface area (Å²) in [6.45, 7) is 1.10. The molecule has 0 fully saturated rings. The molecule has 0 unspecified atom stereocenters. The Morgan fingerprint density at radius 3 is 1.66 bits per heavy atom. The molecule has 0 aliphatic heterocycles. The number of allylic oxidation sites excluding steroid dienone is 2. The van der Waals surface area contributed by atoms with Gasteiger partial charge in [-0.25, -0.2) is 4.79 Å². The van der Waals surface area contributed by atoms with Gasteiger partial charge in [-0.05, 0) is 66.4 Å². The first-order valence-electron chi connectivity index (χ1n) is 11.9. The van der Waals surface area contributed by atoms with Crippen molar-refractivity contribution in [2.75, 3.05) is 11.0 Å². The molecule has 3 rings (SSSR count). The van der Waals surface area contributed by atoms with Gasteiger partial charge < -0.3 is 4.74 Å². The van der Waals surface area contributed by atoms with Crippen LogP contribution in [0.2, 0.25) is 0 Å². The number of hydrogen-bond acceptors (Lipinski definition) is 3. The Labute approximate surface area is 222 Å². The summed E-state index contributed by atoms with van der Waals surface area (Å²) >= 11 is 2.37. The SMILES string of the molecule is CCOC(=O)C(C(=O)/C=C(\C)CCCCI)=P(c1ccccc1)(c1ccccc1)c1ccccc1. The molecule has 0 aliphatic carbocycles. The average molecular weight is 598 g/mol. The van der Waals surface area contributed by atoms with Gasteiger partial charge in [0, 0.05) is 0 Å². The van der Waals surface area contributed by atoms with E-state index in [1.54, 1.807) is 13.0 Å². The van der Waals surface area contributed by atoms with Crippen LogP contribution in [-0.2, 0) is 14.3 Å². The highest BCUT2D eigenvalue weighted by Gasteiger charge is 2.36. The van der Waals surface area contributed by atoms with Gasteiger partial charge in [-0.3, -0.25) is 4.79 Å². The number of alkyl halides is 1. The Morgan fingerprint density at radius 2 is 1.26 bits per heavy atom. The van der Waals surface area contributed by atoms with E-state index in [9.17, 15) is 9.59 Å². The fraction of sp³-hybridized carbons (Fsp3) is 0.233. The topological polar surface area (TPSA) is 43.4 Å². The van der Waals surface area contributed by atoms with Crippen molar-refractivity contribution in [3.05, 3.63) is 103 Å². The Kier molecular flexibility index (Phi) is 10.6. The molecule has 5 heteroatoms. The van der Waals surface area contributed by atoms with E-state index >= 15 is 0 Å². The molecule has 0 atom stereocenters. The number of carbonyl (C=O) groups excluding carboxylic acids is 2. The number of ketones is 1. The molecule has 0 saturated carbocycles. The van der Waals surface area contributed by atoms with Crippen LogP contribution in [0.3, 0.4) is 0 Å². The molecule has 3 nitrogen and oxygen atoms in total. The lowest BCUT2D eigenvalue weighted by atomic mass is 10.1. The first-order chi connectivity index (χ1) is 17.1. The van der Waals surface area contributed by atoms with Crippen LogP contribution < -0.4 is 15.9 Å². The normalized spacial score (nSPS) is 11.7. The van der Waals surface area contributed by atoms with Crippen LogP contribution in [0.4, 0.5) is 0 Å². The summed E-state index contributed by atoms with van der Waals surface area (Å²) in [6.07, 6.45) is 4.61. The lowest BCUT2D eigenvalue weighted by Gasteiger charge is -2.31. The fourth-order valence-corrected chi connectivity index (χ4v) is 9.05. The van der Waals surface area contributed by atoms with Crippen molar-refractivity contribution >= 4 is 62.4 Å². The van der Waals surface area contributed by atoms with Gasteiger partial charge in [0.15, 0.2) is 5.78 Å². The van der Waals surface area contributed by atoms with Crippen molar-refractivity contribution in [3.8, 4) is 0 Å². The van der Waals surface area contributed by atoms with E-state index in [-0.39, 0.29) is 17.7 Å². The van der Waals surface area contributed by atoms with Crippen LogP contribution in [0.5, 0.6) is 0 Å². The maximum absolute atomic E-state index is 14.1. The first kappa shape index (κ1) is 27.2. The minimum atomic E-state index is -2.85. The zero-order valence-corrected chi connectivity index (χ0v) is 23.4. The van der Waals surface area contributed by atoms with Crippen molar-refractivity contribution in [2.45, 2.75) is 33.1 Å². The molecule has 0 bridgehead atoms. The summed E-state index contributed by atoms with van der Waals surface area (Å²) in [4.78, 5) is 27.8. The van der Waals surface area contributed by atoms with Gasteiger partial charge in [0.05, 0.1) is 6.61 Å². The quantitative estimate of drug-likeness (QED) is 0.0531. The molecule has 3 aromatic carbocycles. The summed E-state index contributed by atoms with van der Waals surface area (Å²) in [6, 6.07) is 29.8. The molecule has 35 heavy (non-hydrogen) atoms. The maximum Gasteiger partial charge on any atom is 0.343 e. The third kappa shape index (κ3) is 6.42. The number of rotatable bonds is 11. The molecule has 0 heterocycles. The van der Waals surface area contributed by atoms with Gasteiger partial charge in [-0.2, -0.15) is 0 Å². The highest BCUT2D eigenvalue weighted by Crippen LogP contribution is 2.46. The van der Waals surface area contributed by atoms with Crippen molar-refractivity contribution in [3.63, 3.8) is 0 Å². The third-order valence-corrected chi connectivity index (χ3v) is 10.9. The molecule has 0 saturated heterocycles. The van der Waals surface area contributed by atoms with Crippen LogP contribution in [0.15, 0.2) is 103 Å². The van der Waals surface area contributed by atoms with Gasteiger partial charge >= 0.3 is 5.97 Å². The average Bonchev–Trinajstić information content (AvgIpc) is 2.89. The summed E-state index contributed by atoms with van der Waals surface area (Å²) in [5, 5.41) is 3.07.